The fraction of sp³-hybridized carbons (Fsp3) is 0.455. The maximum absolute atomic E-state index is 10.5. The zero-order chi connectivity index (χ0) is 11.7. The molecule has 0 atom stereocenters. The van der Waals surface area contributed by atoms with Crippen molar-refractivity contribution in [2.75, 3.05) is 27.2 Å². The Morgan fingerprint density at radius 3 is 2.12 bits per heavy atom. The van der Waals surface area contributed by atoms with Crippen LogP contribution in [0.3, 0.4) is 0 Å². The van der Waals surface area contributed by atoms with E-state index in [0.29, 0.717) is 0 Å². The van der Waals surface area contributed by atoms with Gasteiger partial charge in [0.2, 0.25) is 0 Å². The standard InChI is InChI=1S/C11H15N3O2/c1-12-7-8-13(2)11(12)9-3-5-10(6-4-9)14(15)16/h3-6,11H,7-8H2,1-2H3. The molecule has 16 heavy (non-hydrogen) atoms. The van der Waals surface area contributed by atoms with E-state index in [2.05, 4.69) is 23.9 Å². The SMILES string of the molecule is CN1CCN(C)C1c1ccc([N+](=O)[O-])cc1. The minimum atomic E-state index is -0.369. The second-order valence-electron chi connectivity index (χ2n) is 4.18. The van der Waals surface area contributed by atoms with Gasteiger partial charge in [0, 0.05) is 25.2 Å². The van der Waals surface area contributed by atoms with E-state index >= 15 is 0 Å². The Labute approximate surface area is 94.4 Å². The maximum atomic E-state index is 10.5. The second-order valence-corrected chi connectivity index (χ2v) is 4.18. The molecule has 5 nitrogen and oxygen atoms in total. The van der Waals surface area contributed by atoms with Gasteiger partial charge in [-0.3, -0.25) is 19.9 Å². The fourth-order valence-corrected chi connectivity index (χ4v) is 2.17. The van der Waals surface area contributed by atoms with Gasteiger partial charge in [0.05, 0.1) is 11.1 Å². The number of nitrogens with zero attached hydrogens (tertiary/aromatic N) is 3. The summed E-state index contributed by atoms with van der Waals surface area (Å²) in [4.78, 5) is 14.7. The van der Waals surface area contributed by atoms with Crippen LogP contribution >= 0.6 is 0 Å². The molecule has 0 spiro atoms. The van der Waals surface area contributed by atoms with Crippen molar-refractivity contribution in [3.8, 4) is 0 Å². The van der Waals surface area contributed by atoms with E-state index in [1.807, 2.05) is 12.1 Å². The topological polar surface area (TPSA) is 49.6 Å². The first-order valence-corrected chi connectivity index (χ1v) is 5.24. The fourth-order valence-electron chi connectivity index (χ4n) is 2.17. The molecule has 5 heteroatoms. The minimum Gasteiger partial charge on any atom is -0.286 e. The third kappa shape index (κ3) is 1.91. The summed E-state index contributed by atoms with van der Waals surface area (Å²) < 4.78 is 0. The molecule has 1 heterocycles. The molecule has 0 unspecified atom stereocenters. The summed E-state index contributed by atoms with van der Waals surface area (Å²) in [5, 5.41) is 10.5. The van der Waals surface area contributed by atoms with Crippen LogP contribution in [0.1, 0.15) is 11.7 Å². The zero-order valence-electron chi connectivity index (χ0n) is 9.46. The van der Waals surface area contributed by atoms with Crippen molar-refractivity contribution in [3.63, 3.8) is 0 Å². The Bertz CT molecular complexity index is 381. The highest BCUT2D eigenvalue weighted by Crippen LogP contribution is 2.27. The molecule has 2 rings (SSSR count). The average molecular weight is 221 g/mol. The number of hydrogen-bond acceptors (Lipinski definition) is 4. The van der Waals surface area contributed by atoms with Crippen molar-refractivity contribution in [1.82, 2.24) is 9.80 Å². The summed E-state index contributed by atoms with van der Waals surface area (Å²) in [6.07, 6.45) is 0.237. The van der Waals surface area contributed by atoms with E-state index in [9.17, 15) is 10.1 Å². The van der Waals surface area contributed by atoms with Gasteiger partial charge in [-0.1, -0.05) is 0 Å². The average Bonchev–Trinajstić information content (AvgIpc) is 2.59. The van der Waals surface area contributed by atoms with Gasteiger partial charge < -0.3 is 0 Å². The molecule has 0 aliphatic carbocycles. The van der Waals surface area contributed by atoms with E-state index in [-0.39, 0.29) is 16.8 Å². The van der Waals surface area contributed by atoms with E-state index in [4.69, 9.17) is 0 Å². The number of rotatable bonds is 2. The van der Waals surface area contributed by atoms with E-state index in [1.54, 1.807) is 12.1 Å². The third-order valence-corrected chi connectivity index (χ3v) is 3.04. The smallest absolute Gasteiger partial charge is 0.269 e. The van der Waals surface area contributed by atoms with Crippen LogP contribution < -0.4 is 0 Å². The first-order chi connectivity index (χ1) is 7.59. The molecular formula is C11H15N3O2. The van der Waals surface area contributed by atoms with E-state index < -0.39 is 0 Å². The van der Waals surface area contributed by atoms with Gasteiger partial charge in [0.25, 0.3) is 5.69 Å². The summed E-state index contributed by atoms with van der Waals surface area (Å²) in [6, 6.07) is 6.80. The Hall–Kier alpha value is -1.46. The van der Waals surface area contributed by atoms with Crippen LogP contribution in [0, 0.1) is 10.1 Å². The number of benzene rings is 1. The van der Waals surface area contributed by atoms with E-state index in [1.165, 1.54) is 0 Å². The van der Waals surface area contributed by atoms with Crippen molar-refractivity contribution in [1.29, 1.82) is 0 Å². The largest absolute Gasteiger partial charge is 0.286 e. The minimum absolute atomic E-state index is 0.145. The molecule has 0 aromatic heterocycles. The van der Waals surface area contributed by atoms with Crippen LogP contribution in [0.15, 0.2) is 24.3 Å². The summed E-state index contributed by atoms with van der Waals surface area (Å²) in [5.74, 6) is 0. The first-order valence-electron chi connectivity index (χ1n) is 5.24. The molecule has 0 bridgehead atoms. The Kier molecular flexibility index (Phi) is 2.89. The lowest BCUT2D eigenvalue weighted by atomic mass is 10.1. The number of nitro groups is 1. The van der Waals surface area contributed by atoms with E-state index in [0.717, 1.165) is 18.7 Å². The lowest BCUT2D eigenvalue weighted by Gasteiger charge is -2.25. The van der Waals surface area contributed by atoms with Crippen molar-refractivity contribution < 1.29 is 4.92 Å². The first kappa shape index (κ1) is 11.0. The normalized spacial score (nSPS) is 19.1. The van der Waals surface area contributed by atoms with Crippen LogP contribution in [0.4, 0.5) is 5.69 Å². The highest BCUT2D eigenvalue weighted by molar-refractivity contribution is 5.34. The molecule has 1 fully saturated rings. The van der Waals surface area contributed by atoms with Crippen LogP contribution in [0.25, 0.3) is 0 Å². The summed E-state index contributed by atoms with van der Waals surface area (Å²) in [6.45, 7) is 2.05. The van der Waals surface area contributed by atoms with Gasteiger partial charge >= 0.3 is 0 Å². The molecule has 0 saturated carbocycles. The van der Waals surface area contributed by atoms with Crippen LogP contribution in [-0.2, 0) is 0 Å². The summed E-state index contributed by atoms with van der Waals surface area (Å²) in [7, 11) is 4.13. The predicted molar refractivity (Wildman–Crippen MR) is 61.1 cm³/mol. The van der Waals surface area contributed by atoms with Gasteiger partial charge in [-0.2, -0.15) is 0 Å². The Morgan fingerprint density at radius 1 is 1.19 bits per heavy atom. The van der Waals surface area contributed by atoms with Gasteiger partial charge in [0.1, 0.15) is 0 Å². The highest BCUT2D eigenvalue weighted by Gasteiger charge is 2.27. The maximum Gasteiger partial charge on any atom is 0.269 e. The highest BCUT2D eigenvalue weighted by atomic mass is 16.6. The van der Waals surface area contributed by atoms with Gasteiger partial charge in [0.15, 0.2) is 0 Å². The monoisotopic (exact) mass is 221 g/mol. The molecular weight excluding hydrogens is 206 g/mol. The quantitative estimate of drug-likeness (QED) is 0.560. The Balaban J connectivity index is 2.24. The van der Waals surface area contributed by atoms with Crippen molar-refractivity contribution in [3.05, 3.63) is 39.9 Å². The zero-order valence-corrected chi connectivity index (χ0v) is 9.46. The number of likely N-dealkylation sites (N-methyl/N-ethyl adjacent to an activating group) is 2. The van der Waals surface area contributed by atoms with Gasteiger partial charge in [-0.15, -0.1) is 0 Å². The molecule has 1 aliphatic rings. The lowest BCUT2D eigenvalue weighted by molar-refractivity contribution is -0.384. The summed E-state index contributed by atoms with van der Waals surface area (Å²) in [5.41, 5.74) is 1.25. The lowest BCUT2D eigenvalue weighted by Crippen LogP contribution is -2.25. The second kappa shape index (κ2) is 4.19. The molecule has 1 aliphatic heterocycles. The van der Waals surface area contributed by atoms with Crippen LogP contribution in [0.2, 0.25) is 0 Å². The molecule has 1 aromatic carbocycles. The summed E-state index contributed by atoms with van der Waals surface area (Å²) >= 11 is 0. The van der Waals surface area contributed by atoms with Crippen molar-refractivity contribution in [2.24, 2.45) is 0 Å². The molecule has 1 saturated heterocycles. The third-order valence-electron chi connectivity index (χ3n) is 3.04. The number of hydrogen-bond donors (Lipinski definition) is 0. The molecule has 0 N–H and O–H groups in total. The van der Waals surface area contributed by atoms with Gasteiger partial charge in [-0.05, 0) is 31.8 Å². The number of nitro benzene ring substituents is 1. The Morgan fingerprint density at radius 2 is 1.69 bits per heavy atom. The van der Waals surface area contributed by atoms with Crippen LogP contribution in [-0.4, -0.2) is 41.9 Å². The van der Waals surface area contributed by atoms with Crippen molar-refractivity contribution >= 4 is 5.69 Å². The molecule has 86 valence electrons. The molecule has 1 aromatic rings. The van der Waals surface area contributed by atoms with Gasteiger partial charge in [-0.25, -0.2) is 0 Å². The molecule has 0 radical (unpaired) electrons. The predicted octanol–water partition coefficient (Wildman–Crippen LogP) is 1.47. The van der Waals surface area contributed by atoms with Crippen LogP contribution in [0.5, 0.6) is 0 Å². The molecule has 0 amide bonds. The van der Waals surface area contributed by atoms with Crippen molar-refractivity contribution in [2.45, 2.75) is 6.17 Å². The number of non-ortho nitro benzene ring substituents is 1.